The van der Waals surface area contributed by atoms with E-state index < -0.39 is 0 Å². The topological polar surface area (TPSA) is 52.3 Å². The van der Waals surface area contributed by atoms with Crippen LogP contribution in [0, 0.1) is 0 Å². The molecule has 1 unspecified atom stereocenters. The van der Waals surface area contributed by atoms with Crippen molar-refractivity contribution < 1.29 is 9.53 Å². The third-order valence-electron chi connectivity index (χ3n) is 3.24. The molecule has 1 atom stereocenters. The van der Waals surface area contributed by atoms with Crippen LogP contribution < -0.4 is 10.5 Å². The van der Waals surface area contributed by atoms with Crippen molar-refractivity contribution in [1.82, 2.24) is 0 Å². The van der Waals surface area contributed by atoms with Crippen LogP contribution in [0.15, 0.2) is 54.6 Å². The standard InChI is InChI=1S/C18H21NO2/c1-13(2)21-16-10-6-9-15(11-16)18(20)17(12-19)14-7-4-3-5-8-14/h3-11,13,17H,12,19H2,1-2H3. The average molecular weight is 283 g/mol. The average Bonchev–Trinajstić information content (AvgIpc) is 2.48. The summed E-state index contributed by atoms with van der Waals surface area (Å²) in [7, 11) is 0. The molecular formula is C18H21NO2. The summed E-state index contributed by atoms with van der Waals surface area (Å²) in [4.78, 5) is 12.7. The van der Waals surface area contributed by atoms with E-state index in [1.54, 1.807) is 12.1 Å². The number of Topliss-reactive ketones (excluding diaryl/α,β-unsaturated/α-hetero) is 1. The van der Waals surface area contributed by atoms with E-state index in [4.69, 9.17) is 10.5 Å². The summed E-state index contributed by atoms with van der Waals surface area (Å²) in [5.41, 5.74) is 7.39. The van der Waals surface area contributed by atoms with E-state index in [-0.39, 0.29) is 24.3 Å². The van der Waals surface area contributed by atoms with Gasteiger partial charge in [-0.2, -0.15) is 0 Å². The Bertz CT molecular complexity index is 593. The highest BCUT2D eigenvalue weighted by atomic mass is 16.5. The molecule has 0 aliphatic heterocycles. The van der Waals surface area contributed by atoms with Gasteiger partial charge in [0, 0.05) is 12.1 Å². The SMILES string of the molecule is CC(C)Oc1cccc(C(=O)C(CN)c2ccccc2)c1. The predicted molar refractivity (Wildman–Crippen MR) is 84.8 cm³/mol. The lowest BCUT2D eigenvalue weighted by molar-refractivity contribution is 0.0961. The van der Waals surface area contributed by atoms with Crippen LogP contribution in [0.5, 0.6) is 5.75 Å². The predicted octanol–water partition coefficient (Wildman–Crippen LogP) is 3.40. The zero-order valence-corrected chi connectivity index (χ0v) is 12.5. The van der Waals surface area contributed by atoms with E-state index in [1.165, 1.54) is 0 Å². The van der Waals surface area contributed by atoms with Gasteiger partial charge in [-0.3, -0.25) is 4.79 Å². The van der Waals surface area contributed by atoms with Gasteiger partial charge < -0.3 is 10.5 Å². The van der Waals surface area contributed by atoms with E-state index in [1.807, 2.05) is 56.3 Å². The first kappa shape index (κ1) is 15.3. The Kier molecular flexibility index (Phi) is 5.12. The van der Waals surface area contributed by atoms with Gasteiger partial charge in [0.25, 0.3) is 0 Å². The number of ether oxygens (including phenoxy) is 1. The Balaban J connectivity index is 2.26. The zero-order chi connectivity index (χ0) is 15.2. The smallest absolute Gasteiger partial charge is 0.171 e. The number of carbonyl (C=O) groups excluding carboxylic acids is 1. The van der Waals surface area contributed by atoms with Crippen molar-refractivity contribution in [2.75, 3.05) is 6.54 Å². The van der Waals surface area contributed by atoms with Crippen LogP contribution in [-0.2, 0) is 0 Å². The van der Waals surface area contributed by atoms with Crippen LogP contribution >= 0.6 is 0 Å². The van der Waals surface area contributed by atoms with Gasteiger partial charge in [0.05, 0.1) is 12.0 Å². The maximum absolute atomic E-state index is 12.7. The summed E-state index contributed by atoms with van der Waals surface area (Å²) in [5.74, 6) is 0.415. The normalized spacial score (nSPS) is 12.2. The fourth-order valence-electron chi connectivity index (χ4n) is 2.28. The number of hydrogen-bond acceptors (Lipinski definition) is 3. The quantitative estimate of drug-likeness (QED) is 0.827. The molecular weight excluding hydrogens is 262 g/mol. The fraction of sp³-hybridized carbons (Fsp3) is 0.278. The van der Waals surface area contributed by atoms with Gasteiger partial charge in [-0.1, -0.05) is 42.5 Å². The molecule has 3 nitrogen and oxygen atoms in total. The van der Waals surface area contributed by atoms with Crippen LogP contribution in [0.1, 0.15) is 35.7 Å². The number of benzene rings is 2. The second-order valence-electron chi connectivity index (χ2n) is 5.26. The highest BCUT2D eigenvalue weighted by Crippen LogP contribution is 2.23. The van der Waals surface area contributed by atoms with Crippen LogP contribution in [0.3, 0.4) is 0 Å². The number of carbonyl (C=O) groups is 1. The molecule has 0 saturated carbocycles. The highest BCUT2D eigenvalue weighted by molar-refractivity contribution is 6.01. The molecule has 21 heavy (non-hydrogen) atoms. The minimum absolute atomic E-state index is 0.0258. The molecule has 0 bridgehead atoms. The Morgan fingerprint density at radius 1 is 1.10 bits per heavy atom. The van der Waals surface area contributed by atoms with Crippen molar-refractivity contribution >= 4 is 5.78 Å². The highest BCUT2D eigenvalue weighted by Gasteiger charge is 2.20. The first-order valence-corrected chi connectivity index (χ1v) is 7.17. The Hall–Kier alpha value is -2.13. The molecule has 110 valence electrons. The summed E-state index contributed by atoms with van der Waals surface area (Å²) in [6, 6.07) is 16.9. The Morgan fingerprint density at radius 2 is 1.81 bits per heavy atom. The van der Waals surface area contributed by atoms with Crippen molar-refractivity contribution in [3.8, 4) is 5.75 Å². The van der Waals surface area contributed by atoms with Crippen molar-refractivity contribution in [2.45, 2.75) is 25.9 Å². The fourth-order valence-corrected chi connectivity index (χ4v) is 2.28. The van der Waals surface area contributed by atoms with E-state index >= 15 is 0 Å². The molecule has 2 aromatic carbocycles. The first-order chi connectivity index (χ1) is 10.1. The van der Waals surface area contributed by atoms with E-state index in [9.17, 15) is 4.79 Å². The lowest BCUT2D eigenvalue weighted by Gasteiger charge is -2.15. The van der Waals surface area contributed by atoms with Crippen LogP contribution in [0.25, 0.3) is 0 Å². The minimum atomic E-state index is -0.319. The largest absolute Gasteiger partial charge is 0.491 e. The van der Waals surface area contributed by atoms with Crippen LogP contribution in [0.2, 0.25) is 0 Å². The monoisotopic (exact) mass is 283 g/mol. The third-order valence-corrected chi connectivity index (χ3v) is 3.24. The van der Waals surface area contributed by atoms with Gasteiger partial charge in [-0.25, -0.2) is 0 Å². The molecule has 2 rings (SSSR count). The van der Waals surface area contributed by atoms with Crippen molar-refractivity contribution in [3.63, 3.8) is 0 Å². The molecule has 0 aliphatic carbocycles. The van der Waals surface area contributed by atoms with Crippen molar-refractivity contribution in [1.29, 1.82) is 0 Å². The summed E-state index contributed by atoms with van der Waals surface area (Å²) >= 11 is 0. The molecule has 2 aromatic rings. The molecule has 0 heterocycles. The molecule has 0 amide bonds. The van der Waals surface area contributed by atoms with Crippen molar-refractivity contribution in [3.05, 3.63) is 65.7 Å². The van der Waals surface area contributed by atoms with E-state index in [0.717, 1.165) is 5.56 Å². The summed E-state index contributed by atoms with van der Waals surface area (Å²) in [6.45, 7) is 4.21. The number of hydrogen-bond donors (Lipinski definition) is 1. The molecule has 0 aromatic heterocycles. The summed E-state index contributed by atoms with van der Waals surface area (Å²) < 4.78 is 5.64. The van der Waals surface area contributed by atoms with Gasteiger partial charge in [0.2, 0.25) is 0 Å². The van der Waals surface area contributed by atoms with Gasteiger partial charge >= 0.3 is 0 Å². The maximum Gasteiger partial charge on any atom is 0.171 e. The van der Waals surface area contributed by atoms with Crippen LogP contribution in [-0.4, -0.2) is 18.4 Å². The van der Waals surface area contributed by atoms with Gasteiger partial charge in [0.1, 0.15) is 5.75 Å². The summed E-state index contributed by atoms with van der Waals surface area (Å²) in [6.07, 6.45) is 0.0785. The number of rotatable bonds is 6. The molecule has 0 saturated heterocycles. The zero-order valence-electron chi connectivity index (χ0n) is 12.5. The van der Waals surface area contributed by atoms with Gasteiger partial charge in [0.15, 0.2) is 5.78 Å². The van der Waals surface area contributed by atoms with Gasteiger partial charge in [-0.15, -0.1) is 0 Å². The van der Waals surface area contributed by atoms with Crippen LogP contribution in [0.4, 0.5) is 0 Å². The lowest BCUT2D eigenvalue weighted by Crippen LogP contribution is -2.22. The number of ketones is 1. The third kappa shape index (κ3) is 3.92. The molecule has 0 aliphatic rings. The van der Waals surface area contributed by atoms with E-state index in [2.05, 4.69) is 0 Å². The molecule has 0 radical (unpaired) electrons. The van der Waals surface area contributed by atoms with Gasteiger partial charge in [-0.05, 0) is 31.5 Å². The number of nitrogens with two attached hydrogens (primary N) is 1. The van der Waals surface area contributed by atoms with Crippen molar-refractivity contribution in [2.24, 2.45) is 5.73 Å². The van der Waals surface area contributed by atoms with E-state index in [0.29, 0.717) is 11.3 Å². The summed E-state index contributed by atoms with van der Waals surface area (Å²) in [5, 5.41) is 0. The molecule has 3 heteroatoms. The molecule has 0 fully saturated rings. The second-order valence-corrected chi connectivity index (χ2v) is 5.26. The molecule has 2 N–H and O–H groups in total. The second kappa shape index (κ2) is 7.04. The first-order valence-electron chi connectivity index (χ1n) is 7.17. The molecule has 0 spiro atoms. The Morgan fingerprint density at radius 3 is 2.43 bits per heavy atom. The maximum atomic E-state index is 12.7. The lowest BCUT2D eigenvalue weighted by atomic mass is 9.91. The Labute approximate surface area is 125 Å². The minimum Gasteiger partial charge on any atom is -0.491 e.